The number of anilines is 1. The number of hydrogen-bond acceptors (Lipinski definition) is 7. The number of aliphatic carboxylic acids is 1. The quantitative estimate of drug-likeness (QED) is 0.366. The van der Waals surface area contributed by atoms with E-state index in [1.807, 2.05) is 25.1 Å². The number of carbonyl (C=O) groups is 2. The minimum absolute atomic E-state index is 0.0194. The van der Waals surface area contributed by atoms with E-state index in [1.165, 1.54) is 6.26 Å². The Kier molecular flexibility index (Phi) is 5.76. The standard InChI is InChI=1S/C25H20N6O4/c1-15-9-16(6-8-27-15)25-30-21(14-35-25)24(34)29-20-13-31-12-18(4-5-23(32)33)28-22(31)10-19(20)17-3-2-7-26-11-17/h2-3,6-14H,4-5H2,1H3,(H,29,34)(H,32,33). The number of carboxylic acid groups (broad SMARTS) is 1. The lowest BCUT2D eigenvalue weighted by molar-refractivity contribution is -0.136. The summed E-state index contributed by atoms with van der Waals surface area (Å²) in [6.45, 7) is 1.86. The van der Waals surface area contributed by atoms with Gasteiger partial charge in [0.2, 0.25) is 5.89 Å². The van der Waals surface area contributed by atoms with Crippen molar-refractivity contribution in [1.82, 2.24) is 24.3 Å². The molecular weight excluding hydrogens is 448 g/mol. The van der Waals surface area contributed by atoms with Gasteiger partial charge in [-0.1, -0.05) is 6.07 Å². The second kappa shape index (κ2) is 9.18. The lowest BCUT2D eigenvalue weighted by atomic mass is 10.1. The third kappa shape index (κ3) is 4.76. The molecule has 5 heterocycles. The van der Waals surface area contributed by atoms with E-state index in [2.05, 4.69) is 25.3 Å². The van der Waals surface area contributed by atoms with Crippen LogP contribution >= 0.6 is 0 Å². The van der Waals surface area contributed by atoms with Gasteiger partial charge in [0.1, 0.15) is 11.9 Å². The van der Waals surface area contributed by atoms with Gasteiger partial charge in [0, 0.05) is 59.8 Å². The number of oxazole rings is 1. The number of carbonyl (C=O) groups excluding carboxylic acids is 1. The van der Waals surface area contributed by atoms with Crippen molar-refractivity contribution in [3.05, 3.63) is 84.7 Å². The van der Waals surface area contributed by atoms with Crippen LogP contribution in [0.15, 0.2) is 72.0 Å². The van der Waals surface area contributed by atoms with E-state index < -0.39 is 11.9 Å². The van der Waals surface area contributed by atoms with Crippen molar-refractivity contribution in [2.45, 2.75) is 19.8 Å². The molecule has 0 aliphatic carbocycles. The molecular formula is C25H20N6O4. The summed E-state index contributed by atoms with van der Waals surface area (Å²) in [5.74, 6) is -1.01. The Hall–Kier alpha value is -4.86. The highest BCUT2D eigenvalue weighted by Gasteiger charge is 2.18. The number of imidazole rings is 1. The van der Waals surface area contributed by atoms with E-state index in [0.717, 1.165) is 16.8 Å². The summed E-state index contributed by atoms with van der Waals surface area (Å²) in [6.07, 6.45) is 10.1. The molecule has 0 unspecified atom stereocenters. The van der Waals surface area contributed by atoms with Crippen LogP contribution in [0.2, 0.25) is 0 Å². The first-order valence-electron chi connectivity index (χ1n) is 10.8. The fraction of sp³-hybridized carbons (Fsp3) is 0.120. The van der Waals surface area contributed by atoms with E-state index in [9.17, 15) is 9.59 Å². The molecule has 0 fully saturated rings. The molecule has 5 aromatic rings. The summed E-state index contributed by atoms with van der Waals surface area (Å²) in [4.78, 5) is 41.2. The van der Waals surface area contributed by atoms with Gasteiger partial charge in [-0.05, 0) is 31.2 Å². The van der Waals surface area contributed by atoms with Crippen LogP contribution in [0.25, 0.3) is 28.2 Å². The maximum absolute atomic E-state index is 13.1. The molecule has 0 saturated heterocycles. The van der Waals surface area contributed by atoms with E-state index in [4.69, 9.17) is 9.52 Å². The largest absolute Gasteiger partial charge is 0.481 e. The zero-order valence-electron chi connectivity index (χ0n) is 18.7. The number of rotatable bonds is 7. The van der Waals surface area contributed by atoms with Crippen LogP contribution in [0, 0.1) is 6.92 Å². The van der Waals surface area contributed by atoms with Gasteiger partial charge in [0.25, 0.3) is 5.91 Å². The highest BCUT2D eigenvalue weighted by molar-refractivity contribution is 6.05. The van der Waals surface area contributed by atoms with Crippen LogP contribution in [0.5, 0.6) is 0 Å². The van der Waals surface area contributed by atoms with Gasteiger partial charge >= 0.3 is 5.97 Å². The number of nitrogens with zero attached hydrogens (tertiary/aromatic N) is 5. The second-order valence-electron chi connectivity index (χ2n) is 7.91. The van der Waals surface area contributed by atoms with Gasteiger partial charge in [-0.25, -0.2) is 9.97 Å². The Morgan fingerprint density at radius 3 is 2.77 bits per heavy atom. The van der Waals surface area contributed by atoms with Crippen molar-refractivity contribution in [3.63, 3.8) is 0 Å². The molecule has 5 aromatic heterocycles. The van der Waals surface area contributed by atoms with E-state index >= 15 is 0 Å². The summed E-state index contributed by atoms with van der Waals surface area (Å²) in [5, 5.41) is 11.9. The van der Waals surface area contributed by atoms with Crippen molar-refractivity contribution in [1.29, 1.82) is 0 Å². The number of aryl methyl sites for hydroxylation is 2. The molecule has 0 bridgehead atoms. The number of pyridine rings is 3. The van der Waals surface area contributed by atoms with E-state index in [1.54, 1.807) is 47.5 Å². The third-order valence-electron chi connectivity index (χ3n) is 5.34. The SMILES string of the molecule is Cc1cc(-c2nc(C(=O)Nc3cn4cc(CCC(=O)O)nc4cc3-c3cccnc3)co2)ccn1. The number of hydrogen-bond donors (Lipinski definition) is 2. The topological polar surface area (TPSA) is 136 Å². The fourth-order valence-corrected chi connectivity index (χ4v) is 3.68. The number of nitrogens with one attached hydrogen (secondary N) is 1. The number of fused-ring (bicyclic) bond motifs is 1. The average molecular weight is 468 g/mol. The van der Waals surface area contributed by atoms with Crippen molar-refractivity contribution >= 4 is 23.2 Å². The molecule has 10 nitrogen and oxygen atoms in total. The molecule has 0 radical (unpaired) electrons. The minimum Gasteiger partial charge on any atom is -0.481 e. The summed E-state index contributed by atoms with van der Waals surface area (Å²) in [6, 6.07) is 9.09. The smallest absolute Gasteiger partial charge is 0.303 e. The molecule has 0 aliphatic heterocycles. The molecule has 174 valence electrons. The lowest BCUT2D eigenvalue weighted by Gasteiger charge is -2.11. The Morgan fingerprint density at radius 1 is 1.11 bits per heavy atom. The number of carboxylic acids is 1. The van der Waals surface area contributed by atoms with Gasteiger partial charge in [0.05, 0.1) is 17.8 Å². The van der Waals surface area contributed by atoms with Crippen molar-refractivity contribution in [2.75, 3.05) is 5.32 Å². The highest BCUT2D eigenvalue weighted by atomic mass is 16.4. The molecule has 5 rings (SSSR count). The first kappa shape index (κ1) is 22.0. The number of amides is 1. The van der Waals surface area contributed by atoms with E-state index in [-0.39, 0.29) is 12.1 Å². The van der Waals surface area contributed by atoms with E-state index in [0.29, 0.717) is 34.9 Å². The average Bonchev–Trinajstić information content (AvgIpc) is 3.50. The summed E-state index contributed by atoms with van der Waals surface area (Å²) in [7, 11) is 0. The predicted molar refractivity (Wildman–Crippen MR) is 127 cm³/mol. The molecule has 0 spiro atoms. The van der Waals surface area contributed by atoms with Gasteiger partial charge in [-0.3, -0.25) is 19.6 Å². The molecule has 10 heteroatoms. The Morgan fingerprint density at radius 2 is 2.00 bits per heavy atom. The van der Waals surface area contributed by atoms with Crippen LogP contribution in [0.1, 0.15) is 28.3 Å². The van der Waals surface area contributed by atoms with Crippen LogP contribution < -0.4 is 5.32 Å². The van der Waals surface area contributed by atoms with Crippen LogP contribution in [-0.4, -0.2) is 41.3 Å². The molecule has 0 aliphatic rings. The molecule has 0 saturated carbocycles. The van der Waals surface area contributed by atoms with Gasteiger partial charge in [-0.2, -0.15) is 0 Å². The summed E-state index contributed by atoms with van der Waals surface area (Å²) < 4.78 is 7.28. The van der Waals surface area contributed by atoms with Gasteiger partial charge in [-0.15, -0.1) is 0 Å². The first-order chi connectivity index (χ1) is 17.0. The Labute approximate surface area is 199 Å². The second-order valence-corrected chi connectivity index (χ2v) is 7.91. The van der Waals surface area contributed by atoms with Crippen molar-refractivity contribution in [3.8, 4) is 22.6 Å². The Bertz CT molecular complexity index is 1540. The van der Waals surface area contributed by atoms with Crippen molar-refractivity contribution in [2.24, 2.45) is 0 Å². The molecule has 2 N–H and O–H groups in total. The maximum Gasteiger partial charge on any atom is 0.303 e. The lowest BCUT2D eigenvalue weighted by Crippen LogP contribution is -2.13. The normalized spacial score (nSPS) is 11.0. The first-order valence-corrected chi connectivity index (χ1v) is 10.8. The van der Waals surface area contributed by atoms with Gasteiger partial charge in [0.15, 0.2) is 5.69 Å². The zero-order chi connectivity index (χ0) is 24.4. The molecule has 35 heavy (non-hydrogen) atoms. The monoisotopic (exact) mass is 468 g/mol. The van der Waals surface area contributed by atoms with Gasteiger partial charge < -0.3 is 19.2 Å². The van der Waals surface area contributed by atoms with Crippen LogP contribution in [0.3, 0.4) is 0 Å². The third-order valence-corrected chi connectivity index (χ3v) is 5.34. The summed E-state index contributed by atoms with van der Waals surface area (Å²) >= 11 is 0. The Balaban J connectivity index is 1.48. The summed E-state index contributed by atoms with van der Waals surface area (Å²) in [5.41, 5.74) is 4.93. The molecule has 0 atom stereocenters. The fourth-order valence-electron chi connectivity index (χ4n) is 3.68. The zero-order valence-corrected chi connectivity index (χ0v) is 18.7. The maximum atomic E-state index is 13.1. The van der Waals surface area contributed by atoms with Crippen LogP contribution in [-0.2, 0) is 11.2 Å². The highest BCUT2D eigenvalue weighted by Crippen LogP contribution is 2.30. The minimum atomic E-state index is -0.889. The molecule has 0 aromatic carbocycles. The van der Waals surface area contributed by atoms with Crippen molar-refractivity contribution < 1.29 is 19.1 Å². The van der Waals surface area contributed by atoms with Crippen LogP contribution in [0.4, 0.5) is 5.69 Å². The predicted octanol–water partition coefficient (Wildman–Crippen LogP) is 4.02. The number of aromatic nitrogens is 5. The molecule has 1 amide bonds.